The van der Waals surface area contributed by atoms with Gasteiger partial charge in [-0.25, -0.2) is 4.39 Å². The molecule has 0 aromatic heterocycles. The first-order valence-electron chi connectivity index (χ1n) is 6.67. The predicted molar refractivity (Wildman–Crippen MR) is 87.3 cm³/mol. The second-order valence-corrected chi connectivity index (χ2v) is 5.99. The lowest BCUT2D eigenvalue weighted by molar-refractivity contribution is 0.452. The molecule has 0 amide bonds. The van der Waals surface area contributed by atoms with Crippen LogP contribution in [-0.4, -0.2) is 5.33 Å². The van der Waals surface area contributed by atoms with Crippen molar-refractivity contribution < 1.29 is 4.39 Å². The van der Waals surface area contributed by atoms with E-state index < -0.39 is 0 Å². The molecule has 0 heterocycles. The van der Waals surface area contributed by atoms with Gasteiger partial charge in [-0.2, -0.15) is 0 Å². The number of hydrogen-bond donors (Lipinski definition) is 0. The first-order chi connectivity index (χ1) is 9.63. The smallest absolute Gasteiger partial charge is 0.145 e. The minimum atomic E-state index is -0.302. The van der Waals surface area contributed by atoms with Gasteiger partial charge >= 0.3 is 0 Å². The summed E-state index contributed by atoms with van der Waals surface area (Å²) in [7, 11) is 0. The molecule has 0 saturated carbocycles. The average molecular weight is 356 g/mol. The predicted octanol–water partition coefficient (Wildman–Crippen LogP) is 5.76. The summed E-state index contributed by atoms with van der Waals surface area (Å²) >= 11 is 9.50. The van der Waals surface area contributed by atoms with Gasteiger partial charge in [-0.15, -0.1) is 0 Å². The summed E-state index contributed by atoms with van der Waals surface area (Å²) in [5.41, 5.74) is 1.77. The number of rotatable bonds is 5. The van der Waals surface area contributed by atoms with Gasteiger partial charge in [-0.05, 0) is 30.0 Å². The standard InChI is InChI=1S/C17H17BrClF/c1-2-17(12-18,14-8-4-3-5-9-14)11-13-7-6-10-15(19)16(13)20/h3-10H,2,11-12H2,1H3. The van der Waals surface area contributed by atoms with E-state index in [1.807, 2.05) is 24.3 Å². The summed E-state index contributed by atoms with van der Waals surface area (Å²) in [6.45, 7) is 2.14. The molecule has 0 radical (unpaired) electrons. The van der Waals surface area contributed by atoms with E-state index in [1.165, 1.54) is 5.56 Å². The van der Waals surface area contributed by atoms with Crippen molar-refractivity contribution >= 4 is 27.5 Å². The molecule has 0 bridgehead atoms. The number of hydrogen-bond acceptors (Lipinski definition) is 0. The third-order valence-corrected chi connectivity index (χ3v) is 5.24. The van der Waals surface area contributed by atoms with E-state index in [4.69, 9.17) is 11.6 Å². The highest BCUT2D eigenvalue weighted by Gasteiger charge is 2.30. The molecular weight excluding hydrogens is 339 g/mol. The SMILES string of the molecule is CCC(CBr)(Cc1cccc(Cl)c1F)c1ccccc1. The van der Waals surface area contributed by atoms with Crippen LogP contribution in [0.15, 0.2) is 48.5 Å². The molecule has 106 valence electrons. The normalized spacial score (nSPS) is 14.0. The quantitative estimate of drug-likeness (QED) is 0.598. The summed E-state index contributed by atoms with van der Waals surface area (Å²) in [4.78, 5) is 0. The lowest BCUT2D eigenvalue weighted by Gasteiger charge is -2.32. The Labute approximate surface area is 133 Å². The van der Waals surface area contributed by atoms with Gasteiger partial charge in [0.2, 0.25) is 0 Å². The Morgan fingerprint density at radius 1 is 1.10 bits per heavy atom. The lowest BCUT2D eigenvalue weighted by Crippen LogP contribution is -2.30. The van der Waals surface area contributed by atoms with Crippen molar-refractivity contribution in [1.29, 1.82) is 0 Å². The summed E-state index contributed by atoms with van der Waals surface area (Å²) < 4.78 is 14.2. The zero-order valence-electron chi connectivity index (χ0n) is 11.4. The number of benzene rings is 2. The van der Waals surface area contributed by atoms with Crippen molar-refractivity contribution in [2.24, 2.45) is 0 Å². The zero-order chi connectivity index (χ0) is 14.6. The maximum absolute atomic E-state index is 14.2. The fraction of sp³-hybridized carbons (Fsp3) is 0.294. The summed E-state index contributed by atoms with van der Waals surface area (Å²) in [5.74, 6) is -0.302. The van der Waals surface area contributed by atoms with Gasteiger partial charge < -0.3 is 0 Å². The van der Waals surface area contributed by atoms with Crippen LogP contribution in [0.4, 0.5) is 4.39 Å². The minimum Gasteiger partial charge on any atom is -0.205 e. The second-order valence-electron chi connectivity index (χ2n) is 5.02. The monoisotopic (exact) mass is 354 g/mol. The van der Waals surface area contributed by atoms with Crippen molar-refractivity contribution in [1.82, 2.24) is 0 Å². The molecule has 0 nitrogen and oxygen atoms in total. The topological polar surface area (TPSA) is 0 Å². The van der Waals surface area contributed by atoms with Crippen molar-refractivity contribution in [2.75, 3.05) is 5.33 Å². The van der Waals surface area contributed by atoms with Crippen LogP contribution < -0.4 is 0 Å². The van der Waals surface area contributed by atoms with E-state index in [2.05, 4.69) is 35.0 Å². The Kier molecular flexibility index (Phi) is 5.22. The molecule has 20 heavy (non-hydrogen) atoms. The minimum absolute atomic E-state index is 0.118. The Hall–Kier alpha value is -0.860. The third-order valence-electron chi connectivity index (χ3n) is 3.88. The van der Waals surface area contributed by atoms with Crippen LogP contribution in [0.2, 0.25) is 5.02 Å². The summed E-state index contributed by atoms with van der Waals surface area (Å²) in [6.07, 6.45) is 1.55. The van der Waals surface area contributed by atoms with E-state index >= 15 is 0 Å². The number of alkyl halides is 1. The molecule has 2 aromatic rings. The molecule has 0 N–H and O–H groups in total. The molecule has 0 aliphatic carbocycles. The van der Waals surface area contributed by atoms with Crippen molar-refractivity contribution in [3.63, 3.8) is 0 Å². The van der Waals surface area contributed by atoms with Gasteiger partial charge in [0, 0.05) is 10.7 Å². The van der Waals surface area contributed by atoms with E-state index in [9.17, 15) is 4.39 Å². The second kappa shape index (κ2) is 6.73. The fourth-order valence-corrected chi connectivity index (χ4v) is 3.60. The molecular formula is C17H17BrClF. The highest BCUT2D eigenvalue weighted by molar-refractivity contribution is 9.09. The molecule has 2 aromatic carbocycles. The maximum atomic E-state index is 14.2. The van der Waals surface area contributed by atoms with E-state index in [0.717, 1.165) is 11.8 Å². The number of halogens is 3. The maximum Gasteiger partial charge on any atom is 0.145 e. The molecule has 0 saturated heterocycles. The van der Waals surface area contributed by atoms with Gasteiger partial charge in [0.1, 0.15) is 5.82 Å². The third kappa shape index (κ3) is 3.07. The van der Waals surface area contributed by atoms with E-state index in [-0.39, 0.29) is 16.3 Å². The van der Waals surface area contributed by atoms with Crippen molar-refractivity contribution in [3.05, 3.63) is 70.5 Å². The first-order valence-corrected chi connectivity index (χ1v) is 8.17. The largest absolute Gasteiger partial charge is 0.205 e. The molecule has 0 aliphatic rings. The van der Waals surface area contributed by atoms with E-state index in [1.54, 1.807) is 12.1 Å². The molecule has 1 atom stereocenters. The van der Waals surface area contributed by atoms with Crippen LogP contribution in [0.3, 0.4) is 0 Å². The van der Waals surface area contributed by atoms with Crippen LogP contribution in [0.1, 0.15) is 24.5 Å². The highest BCUT2D eigenvalue weighted by Crippen LogP contribution is 2.35. The van der Waals surface area contributed by atoms with Crippen LogP contribution in [0.25, 0.3) is 0 Å². The van der Waals surface area contributed by atoms with Crippen LogP contribution in [0, 0.1) is 5.82 Å². The molecule has 3 heteroatoms. The molecule has 0 spiro atoms. The van der Waals surface area contributed by atoms with Crippen LogP contribution >= 0.6 is 27.5 Å². The Morgan fingerprint density at radius 2 is 1.80 bits per heavy atom. The average Bonchev–Trinajstić information content (AvgIpc) is 2.50. The van der Waals surface area contributed by atoms with Gasteiger partial charge in [0.15, 0.2) is 0 Å². The van der Waals surface area contributed by atoms with Gasteiger partial charge in [-0.3, -0.25) is 0 Å². The van der Waals surface area contributed by atoms with Crippen molar-refractivity contribution in [3.8, 4) is 0 Å². The van der Waals surface area contributed by atoms with Crippen LogP contribution in [-0.2, 0) is 11.8 Å². The summed E-state index contributed by atoms with van der Waals surface area (Å²) in [5, 5.41) is 0.974. The van der Waals surface area contributed by atoms with E-state index in [0.29, 0.717) is 12.0 Å². The first kappa shape index (κ1) is 15.5. The fourth-order valence-electron chi connectivity index (χ4n) is 2.49. The Balaban J connectivity index is 2.42. The van der Waals surface area contributed by atoms with Gasteiger partial charge in [0.05, 0.1) is 5.02 Å². The zero-order valence-corrected chi connectivity index (χ0v) is 13.7. The van der Waals surface area contributed by atoms with Crippen LogP contribution in [0.5, 0.6) is 0 Å². The molecule has 2 rings (SSSR count). The summed E-state index contributed by atoms with van der Waals surface area (Å²) in [6, 6.07) is 15.5. The highest BCUT2D eigenvalue weighted by atomic mass is 79.9. The Morgan fingerprint density at radius 3 is 2.40 bits per heavy atom. The van der Waals surface area contributed by atoms with Crippen molar-refractivity contribution in [2.45, 2.75) is 25.2 Å². The molecule has 0 fully saturated rings. The lowest BCUT2D eigenvalue weighted by atomic mass is 9.75. The van der Waals surface area contributed by atoms with Gasteiger partial charge in [0.25, 0.3) is 0 Å². The Bertz CT molecular complexity index is 564. The van der Waals surface area contributed by atoms with Gasteiger partial charge in [-0.1, -0.05) is 76.9 Å². The molecule has 0 aliphatic heterocycles. The molecule has 1 unspecified atom stereocenters.